The van der Waals surface area contributed by atoms with E-state index in [1.54, 1.807) is 0 Å². The van der Waals surface area contributed by atoms with Crippen LogP contribution in [0.5, 0.6) is 0 Å². The highest BCUT2D eigenvalue weighted by atomic mass is 35.5. The summed E-state index contributed by atoms with van der Waals surface area (Å²) in [5, 5.41) is 20.7. The van der Waals surface area contributed by atoms with Crippen LogP contribution in [0.1, 0.15) is 39.0 Å². The first-order valence-corrected chi connectivity index (χ1v) is 7.98. The third-order valence-corrected chi connectivity index (χ3v) is 5.15. The van der Waals surface area contributed by atoms with Crippen molar-refractivity contribution < 1.29 is 14.9 Å². The lowest BCUT2D eigenvalue weighted by Crippen LogP contribution is -2.56. The molecule has 22 heavy (non-hydrogen) atoms. The SMILES string of the molecule is C[C@H]([C@@H](O)[C@@H](O)CN1CCOCC1)C1(N)CCCCC1.Cl.Cl. The van der Waals surface area contributed by atoms with Gasteiger partial charge in [0.05, 0.1) is 25.4 Å². The summed E-state index contributed by atoms with van der Waals surface area (Å²) < 4.78 is 5.29. The minimum absolute atomic E-state index is 0. The van der Waals surface area contributed by atoms with Crippen molar-refractivity contribution >= 4 is 24.8 Å². The molecule has 0 aromatic rings. The van der Waals surface area contributed by atoms with Gasteiger partial charge < -0.3 is 20.7 Å². The number of nitrogens with zero attached hydrogens (tertiary/aromatic N) is 1. The molecule has 5 nitrogen and oxygen atoms in total. The van der Waals surface area contributed by atoms with Crippen LogP contribution in [0, 0.1) is 5.92 Å². The highest BCUT2D eigenvalue weighted by Gasteiger charge is 2.39. The van der Waals surface area contributed by atoms with Gasteiger partial charge in [-0.05, 0) is 12.8 Å². The third kappa shape index (κ3) is 5.78. The van der Waals surface area contributed by atoms with Gasteiger partial charge in [-0.3, -0.25) is 4.90 Å². The molecule has 2 aliphatic rings. The number of hydrogen-bond acceptors (Lipinski definition) is 5. The Balaban J connectivity index is 0.00000220. The van der Waals surface area contributed by atoms with E-state index in [0.717, 1.165) is 38.8 Å². The summed E-state index contributed by atoms with van der Waals surface area (Å²) >= 11 is 0. The summed E-state index contributed by atoms with van der Waals surface area (Å²) in [5.41, 5.74) is 6.15. The molecule has 0 aromatic carbocycles. The maximum Gasteiger partial charge on any atom is 0.0928 e. The summed E-state index contributed by atoms with van der Waals surface area (Å²) in [4.78, 5) is 2.15. The quantitative estimate of drug-likeness (QED) is 0.687. The predicted molar refractivity (Wildman–Crippen MR) is 92.9 cm³/mol. The van der Waals surface area contributed by atoms with Gasteiger partial charge in [-0.2, -0.15) is 0 Å². The minimum Gasteiger partial charge on any atom is -0.390 e. The number of aliphatic hydroxyl groups excluding tert-OH is 2. The first kappa shape index (κ1) is 22.4. The topological polar surface area (TPSA) is 79.0 Å². The predicted octanol–water partition coefficient (Wildman–Crippen LogP) is 1.18. The van der Waals surface area contributed by atoms with Gasteiger partial charge in [0.25, 0.3) is 0 Å². The highest BCUT2D eigenvalue weighted by Crippen LogP contribution is 2.34. The van der Waals surface area contributed by atoms with Crippen molar-refractivity contribution in [2.75, 3.05) is 32.8 Å². The first-order valence-electron chi connectivity index (χ1n) is 7.98. The zero-order valence-electron chi connectivity index (χ0n) is 13.4. The minimum atomic E-state index is -0.749. The number of ether oxygens (including phenoxy) is 1. The van der Waals surface area contributed by atoms with Crippen molar-refractivity contribution in [1.29, 1.82) is 0 Å². The number of aliphatic hydroxyl groups is 2. The van der Waals surface area contributed by atoms with E-state index in [1.807, 2.05) is 6.92 Å². The second kappa shape index (κ2) is 10.3. The molecular weight excluding hydrogens is 327 g/mol. The van der Waals surface area contributed by atoms with Gasteiger partial charge in [0.15, 0.2) is 0 Å². The number of halogens is 2. The van der Waals surface area contributed by atoms with E-state index in [2.05, 4.69) is 4.90 Å². The van der Waals surface area contributed by atoms with Gasteiger partial charge in [-0.15, -0.1) is 24.8 Å². The zero-order chi connectivity index (χ0) is 14.6. The lowest BCUT2D eigenvalue weighted by Gasteiger charge is -2.42. The molecule has 7 heteroatoms. The van der Waals surface area contributed by atoms with E-state index >= 15 is 0 Å². The second-order valence-electron chi connectivity index (χ2n) is 6.55. The molecular formula is C15H32Cl2N2O3. The molecule has 0 spiro atoms. The van der Waals surface area contributed by atoms with Crippen LogP contribution in [-0.2, 0) is 4.74 Å². The largest absolute Gasteiger partial charge is 0.390 e. The Morgan fingerprint density at radius 1 is 1.09 bits per heavy atom. The Hall–Kier alpha value is 0.380. The molecule has 4 N–H and O–H groups in total. The maximum atomic E-state index is 10.4. The molecule has 1 aliphatic carbocycles. The van der Waals surface area contributed by atoms with E-state index in [9.17, 15) is 10.2 Å². The number of rotatable bonds is 5. The fourth-order valence-electron chi connectivity index (χ4n) is 3.49. The van der Waals surface area contributed by atoms with E-state index in [0.29, 0.717) is 19.8 Å². The molecule has 134 valence electrons. The molecule has 0 bridgehead atoms. The van der Waals surface area contributed by atoms with Crippen LogP contribution in [0.25, 0.3) is 0 Å². The van der Waals surface area contributed by atoms with Crippen molar-refractivity contribution in [3.05, 3.63) is 0 Å². The van der Waals surface area contributed by atoms with E-state index in [1.165, 1.54) is 6.42 Å². The monoisotopic (exact) mass is 358 g/mol. The van der Waals surface area contributed by atoms with Gasteiger partial charge in [0.1, 0.15) is 0 Å². The van der Waals surface area contributed by atoms with Crippen LogP contribution >= 0.6 is 24.8 Å². The Morgan fingerprint density at radius 3 is 2.18 bits per heavy atom. The summed E-state index contributed by atoms with van der Waals surface area (Å²) in [6, 6.07) is 0. The zero-order valence-corrected chi connectivity index (χ0v) is 15.1. The summed E-state index contributed by atoms with van der Waals surface area (Å²) in [6.45, 7) is 5.56. The smallest absolute Gasteiger partial charge is 0.0928 e. The average molecular weight is 359 g/mol. The highest BCUT2D eigenvalue weighted by molar-refractivity contribution is 5.85. The Bertz CT molecular complexity index is 299. The number of nitrogens with two attached hydrogens (primary N) is 1. The standard InChI is InChI=1S/C15H30N2O3.2ClH/c1-12(15(16)5-3-2-4-6-15)14(19)13(18)11-17-7-9-20-10-8-17;;/h12-14,18-19H,2-11,16H2,1H3;2*1H/t12-,13+,14-;;/m1../s1. The second-order valence-corrected chi connectivity index (χ2v) is 6.55. The Kier molecular flexibility index (Phi) is 10.5. The molecule has 1 saturated carbocycles. The van der Waals surface area contributed by atoms with Gasteiger partial charge in [0.2, 0.25) is 0 Å². The molecule has 3 atom stereocenters. The van der Waals surface area contributed by atoms with Crippen molar-refractivity contribution in [3.63, 3.8) is 0 Å². The van der Waals surface area contributed by atoms with Crippen molar-refractivity contribution in [3.8, 4) is 0 Å². The van der Waals surface area contributed by atoms with Gasteiger partial charge in [-0.1, -0.05) is 26.2 Å². The number of hydrogen-bond donors (Lipinski definition) is 3. The van der Waals surface area contributed by atoms with Gasteiger partial charge in [-0.25, -0.2) is 0 Å². The van der Waals surface area contributed by atoms with Crippen LogP contribution < -0.4 is 5.73 Å². The van der Waals surface area contributed by atoms with Crippen LogP contribution in [0.2, 0.25) is 0 Å². The fraction of sp³-hybridized carbons (Fsp3) is 1.00. The van der Waals surface area contributed by atoms with Crippen LogP contribution in [0.4, 0.5) is 0 Å². The van der Waals surface area contributed by atoms with E-state index in [-0.39, 0.29) is 36.3 Å². The third-order valence-electron chi connectivity index (χ3n) is 5.15. The normalized spacial score (nSPS) is 26.2. The summed E-state index contributed by atoms with van der Waals surface area (Å²) in [7, 11) is 0. The van der Waals surface area contributed by atoms with Crippen LogP contribution in [-0.4, -0.2) is 65.7 Å². The van der Waals surface area contributed by atoms with Crippen molar-refractivity contribution in [2.24, 2.45) is 11.7 Å². The lowest BCUT2D eigenvalue weighted by atomic mass is 9.71. The van der Waals surface area contributed by atoms with E-state index < -0.39 is 12.2 Å². The first-order chi connectivity index (χ1) is 9.53. The van der Waals surface area contributed by atoms with Crippen molar-refractivity contribution in [1.82, 2.24) is 4.90 Å². The van der Waals surface area contributed by atoms with E-state index in [4.69, 9.17) is 10.5 Å². The molecule has 0 aromatic heterocycles. The number of β-amino-alcohol motifs (C(OH)–C–C–N with tert-alkyl or cyclic N) is 1. The van der Waals surface area contributed by atoms with Gasteiger partial charge >= 0.3 is 0 Å². The fourth-order valence-corrected chi connectivity index (χ4v) is 3.49. The Morgan fingerprint density at radius 2 is 1.64 bits per heavy atom. The average Bonchev–Trinajstić information content (AvgIpc) is 2.47. The number of morpholine rings is 1. The molecule has 1 saturated heterocycles. The molecule has 2 rings (SSSR count). The lowest BCUT2D eigenvalue weighted by molar-refractivity contribution is -0.0637. The van der Waals surface area contributed by atoms with Crippen LogP contribution in [0.15, 0.2) is 0 Å². The molecule has 1 aliphatic heterocycles. The molecule has 0 unspecified atom stereocenters. The summed E-state index contributed by atoms with van der Waals surface area (Å²) in [5.74, 6) is -0.0705. The molecule has 0 amide bonds. The van der Waals surface area contributed by atoms with Crippen LogP contribution in [0.3, 0.4) is 0 Å². The molecule has 1 heterocycles. The molecule has 2 fully saturated rings. The van der Waals surface area contributed by atoms with Crippen molar-refractivity contribution in [2.45, 2.75) is 56.8 Å². The molecule has 0 radical (unpaired) electrons. The summed E-state index contributed by atoms with van der Waals surface area (Å²) in [6.07, 6.45) is 3.93. The maximum absolute atomic E-state index is 10.4. The van der Waals surface area contributed by atoms with Gasteiger partial charge in [0, 0.05) is 31.1 Å². The Labute approximate surface area is 146 Å².